The van der Waals surface area contributed by atoms with E-state index >= 15 is 0 Å². The van der Waals surface area contributed by atoms with Crippen LogP contribution in [0.1, 0.15) is 69.4 Å². The third kappa shape index (κ3) is 5.72. The summed E-state index contributed by atoms with van der Waals surface area (Å²) in [5.74, 6) is -4.61. The number of benzene rings is 1. The average Bonchev–Trinajstić information content (AvgIpc) is 3.09. The Kier molecular flexibility index (Phi) is 6.59. The third-order valence-corrected chi connectivity index (χ3v) is 6.04. The number of carbonyl (C=O) groups excluding carboxylic acids is 1. The number of H-pyrrole nitrogens is 1. The molecular weight excluding hydrogens is 419 g/mol. The Morgan fingerprint density at radius 1 is 1.29 bits per heavy atom. The maximum Gasteiger partial charge on any atom is 0.392 e. The van der Waals surface area contributed by atoms with Gasteiger partial charge >= 0.3 is 6.18 Å². The zero-order chi connectivity index (χ0) is 23.0. The fraction of sp³-hybridized carbons (Fsp3) is 0.619. The Morgan fingerprint density at radius 2 is 1.94 bits per heavy atom. The maximum absolute atomic E-state index is 13.4. The minimum Gasteiger partial charge on any atom is -0.350 e. The lowest BCUT2D eigenvalue weighted by Gasteiger charge is -2.31. The minimum absolute atomic E-state index is 0.0894. The van der Waals surface area contributed by atoms with Crippen LogP contribution in [0.15, 0.2) is 18.2 Å². The lowest BCUT2D eigenvalue weighted by atomic mass is 9.82. The SMILES string of the molecule is C[C@H](CC(=O)N[C@H](C)c1ccc2nc([C@@H](N)C3CCC(F)(F)CC3)[nH]c2c1)C(F)(F)F. The van der Waals surface area contributed by atoms with Crippen LogP contribution >= 0.6 is 0 Å². The van der Waals surface area contributed by atoms with Gasteiger partial charge in [0.05, 0.1) is 29.0 Å². The number of imidazole rings is 1. The van der Waals surface area contributed by atoms with Crippen molar-refractivity contribution in [2.75, 3.05) is 0 Å². The summed E-state index contributed by atoms with van der Waals surface area (Å²) in [6.45, 7) is 2.65. The molecule has 1 aromatic heterocycles. The van der Waals surface area contributed by atoms with Gasteiger partial charge in [-0.2, -0.15) is 13.2 Å². The van der Waals surface area contributed by atoms with Gasteiger partial charge in [0.25, 0.3) is 0 Å². The first-order valence-corrected chi connectivity index (χ1v) is 10.3. The van der Waals surface area contributed by atoms with E-state index in [1.54, 1.807) is 25.1 Å². The second-order valence-corrected chi connectivity index (χ2v) is 8.55. The summed E-state index contributed by atoms with van der Waals surface area (Å²) in [5.41, 5.74) is 8.28. The molecule has 0 aliphatic heterocycles. The standard InChI is InChI=1S/C21H27F5N4O/c1-11(21(24,25)26)9-17(31)28-12(2)14-3-4-15-16(10-14)30-19(29-15)18(27)13-5-7-20(22,23)8-6-13/h3-4,10-13,18H,5-9,27H2,1-2H3,(H,28,31)(H,29,30)/t11-,12-,18+/m1/s1. The molecule has 3 atom stereocenters. The number of nitrogens with two attached hydrogens (primary N) is 1. The maximum atomic E-state index is 13.4. The average molecular weight is 446 g/mol. The quantitative estimate of drug-likeness (QED) is 0.537. The fourth-order valence-electron chi connectivity index (χ4n) is 3.90. The van der Waals surface area contributed by atoms with Gasteiger partial charge < -0.3 is 16.0 Å². The Bertz CT molecular complexity index is 916. The van der Waals surface area contributed by atoms with Gasteiger partial charge in [-0.1, -0.05) is 13.0 Å². The number of amides is 1. The summed E-state index contributed by atoms with van der Waals surface area (Å²) in [7, 11) is 0. The first-order valence-electron chi connectivity index (χ1n) is 10.3. The molecule has 1 saturated carbocycles. The van der Waals surface area contributed by atoms with E-state index < -0.39 is 42.4 Å². The van der Waals surface area contributed by atoms with Crippen LogP contribution in [0.3, 0.4) is 0 Å². The molecule has 0 radical (unpaired) electrons. The highest BCUT2D eigenvalue weighted by atomic mass is 19.4. The van der Waals surface area contributed by atoms with Crippen LogP contribution in [0.25, 0.3) is 11.0 Å². The van der Waals surface area contributed by atoms with Crippen molar-refractivity contribution >= 4 is 16.9 Å². The molecule has 0 bridgehead atoms. The molecule has 1 aromatic carbocycles. The van der Waals surface area contributed by atoms with Crippen LogP contribution in [0.2, 0.25) is 0 Å². The third-order valence-electron chi connectivity index (χ3n) is 6.04. The molecule has 10 heteroatoms. The van der Waals surface area contributed by atoms with Crippen LogP contribution < -0.4 is 11.1 Å². The van der Waals surface area contributed by atoms with Gasteiger partial charge in [0.15, 0.2) is 0 Å². The van der Waals surface area contributed by atoms with E-state index in [-0.39, 0.29) is 18.8 Å². The van der Waals surface area contributed by atoms with Crippen molar-refractivity contribution in [3.05, 3.63) is 29.6 Å². The topological polar surface area (TPSA) is 83.8 Å². The van der Waals surface area contributed by atoms with Crippen molar-refractivity contribution in [1.29, 1.82) is 0 Å². The van der Waals surface area contributed by atoms with E-state index in [4.69, 9.17) is 5.73 Å². The lowest BCUT2D eigenvalue weighted by molar-refractivity contribution is -0.174. The summed E-state index contributed by atoms with van der Waals surface area (Å²) in [5, 5.41) is 2.58. The van der Waals surface area contributed by atoms with Gasteiger partial charge in [0.1, 0.15) is 5.82 Å². The molecule has 1 aliphatic carbocycles. The largest absolute Gasteiger partial charge is 0.392 e. The normalized spacial score (nSPS) is 20.4. The molecule has 0 spiro atoms. The van der Waals surface area contributed by atoms with Crippen LogP contribution in [0.5, 0.6) is 0 Å². The van der Waals surface area contributed by atoms with Crippen LogP contribution in [0, 0.1) is 11.8 Å². The number of alkyl halides is 5. The predicted octanol–water partition coefficient (Wildman–Crippen LogP) is 5.15. The number of rotatable bonds is 6. The Balaban J connectivity index is 1.67. The Hall–Kier alpha value is -2.23. The van der Waals surface area contributed by atoms with Gasteiger partial charge in [0, 0.05) is 19.3 Å². The van der Waals surface area contributed by atoms with Crippen molar-refractivity contribution in [3.8, 4) is 0 Å². The Morgan fingerprint density at radius 3 is 2.55 bits per heavy atom. The molecule has 5 nitrogen and oxygen atoms in total. The summed E-state index contributed by atoms with van der Waals surface area (Å²) >= 11 is 0. The number of fused-ring (bicyclic) bond motifs is 1. The van der Waals surface area contributed by atoms with Crippen molar-refractivity contribution in [2.24, 2.45) is 17.6 Å². The zero-order valence-electron chi connectivity index (χ0n) is 17.4. The highest BCUT2D eigenvalue weighted by Crippen LogP contribution is 2.40. The molecule has 1 amide bonds. The van der Waals surface area contributed by atoms with Crippen molar-refractivity contribution < 1.29 is 26.7 Å². The monoisotopic (exact) mass is 446 g/mol. The minimum atomic E-state index is -4.42. The van der Waals surface area contributed by atoms with E-state index in [1.165, 1.54) is 0 Å². The summed E-state index contributed by atoms with van der Waals surface area (Å²) in [6.07, 6.45) is -4.76. The number of aromatic amines is 1. The highest BCUT2D eigenvalue weighted by molar-refractivity contribution is 5.78. The molecule has 1 aliphatic rings. The van der Waals surface area contributed by atoms with Crippen molar-refractivity contribution in [3.63, 3.8) is 0 Å². The van der Waals surface area contributed by atoms with Gasteiger partial charge in [-0.25, -0.2) is 13.8 Å². The number of hydrogen-bond donors (Lipinski definition) is 3. The highest BCUT2D eigenvalue weighted by Gasteiger charge is 2.38. The number of nitrogens with zero attached hydrogens (tertiary/aromatic N) is 1. The summed E-state index contributed by atoms with van der Waals surface area (Å²) in [4.78, 5) is 19.6. The molecule has 2 aromatic rings. The van der Waals surface area contributed by atoms with Gasteiger partial charge in [-0.3, -0.25) is 4.79 Å². The predicted molar refractivity (Wildman–Crippen MR) is 106 cm³/mol. The number of hydrogen-bond acceptors (Lipinski definition) is 3. The van der Waals surface area contributed by atoms with Crippen LogP contribution in [0.4, 0.5) is 22.0 Å². The molecule has 3 rings (SSSR count). The fourth-order valence-corrected chi connectivity index (χ4v) is 3.90. The van der Waals surface area contributed by atoms with E-state index in [0.29, 0.717) is 35.3 Å². The van der Waals surface area contributed by atoms with Crippen molar-refractivity contribution in [2.45, 2.75) is 70.1 Å². The molecular formula is C21H27F5N4O. The molecule has 31 heavy (non-hydrogen) atoms. The number of carbonyl (C=O) groups is 1. The van der Waals surface area contributed by atoms with Crippen LogP contribution in [-0.4, -0.2) is 28.0 Å². The van der Waals surface area contributed by atoms with E-state index in [2.05, 4.69) is 15.3 Å². The first-order chi connectivity index (χ1) is 14.4. The Labute approximate surface area is 177 Å². The number of halogens is 5. The van der Waals surface area contributed by atoms with Crippen LogP contribution in [-0.2, 0) is 4.79 Å². The summed E-state index contributed by atoms with van der Waals surface area (Å²) in [6, 6.07) is 4.22. The smallest absolute Gasteiger partial charge is 0.350 e. The van der Waals surface area contributed by atoms with E-state index in [0.717, 1.165) is 6.92 Å². The molecule has 4 N–H and O–H groups in total. The van der Waals surface area contributed by atoms with Gasteiger partial charge in [0.2, 0.25) is 11.8 Å². The number of aromatic nitrogens is 2. The molecule has 1 fully saturated rings. The summed E-state index contributed by atoms with van der Waals surface area (Å²) < 4.78 is 64.7. The molecule has 0 saturated heterocycles. The second kappa shape index (κ2) is 8.72. The lowest BCUT2D eigenvalue weighted by Crippen LogP contribution is -2.31. The first kappa shape index (κ1) is 23.4. The van der Waals surface area contributed by atoms with Gasteiger partial charge in [-0.15, -0.1) is 0 Å². The molecule has 1 heterocycles. The second-order valence-electron chi connectivity index (χ2n) is 8.55. The molecule has 0 unspecified atom stereocenters. The number of nitrogens with one attached hydrogen (secondary N) is 2. The van der Waals surface area contributed by atoms with Gasteiger partial charge in [-0.05, 0) is 43.4 Å². The molecule has 172 valence electrons. The zero-order valence-corrected chi connectivity index (χ0v) is 17.4. The van der Waals surface area contributed by atoms with E-state index in [1.807, 2.05) is 0 Å². The van der Waals surface area contributed by atoms with E-state index in [9.17, 15) is 26.7 Å². The van der Waals surface area contributed by atoms with Crippen molar-refractivity contribution in [1.82, 2.24) is 15.3 Å².